The topological polar surface area (TPSA) is 278 Å². The summed E-state index contributed by atoms with van der Waals surface area (Å²) in [7, 11) is 0. The zero-order valence-corrected chi connectivity index (χ0v) is 42.6. The average Bonchev–Trinajstić information content (AvgIpc) is 4.00. The number of aliphatic hydroxyl groups is 4. The van der Waals surface area contributed by atoms with Gasteiger partial charge in [0.05, 0.1) is 59.5 Å². The second kappa shape index (κ2) is 26.5. The Labute approximate surface area is 435 Å². The molecule has 2 aromatic heterocycles. The molecule has 3 aliphatic heterocycles. The molecule has 0 saturated carbocycles. The van der Waals surface area contributed by atoms with E-state index in [1.165, 1.54) is 36.4 Å². The lowest BCUT2D eigenvalue weighted by Crippen LogP contribution is -2.38. The van der Waals surface area contributed by atoms with Crippen LogP contribution in [-0.4, -0.2) is 127 Å². The number of piperidine rings is 1. The number of nitrogens with one attached hydrogen (secondary N) is 7. The molecule has 20 heteroatoms. The number of aryl methyl sites for hydroxylation is 2. The number of nitrogens with zero attached hydrogens (tertiary/aromatic N) is 1. The van der Waals surface area contributed by atoms with Gasteiger partial charge in [0.2, 0.25) is 11.8 Å². The molecule has 0 aliphatic carbocycles. The van der Waals surface area contributed by atoms with Gasteiger partial charge in [0.15, 0.2) is 0 Å². The van der Waals surface area contributed by atoms with Crippen molar-refractivity contribution in [1.82, 2.24) is 30.8 Å². The zero-order chi connectivity index (χ0) is 54.0. The number of halogens is 2. The van der Waals surface area contributed by atoms with Gasteiger partial charge in [0.25, 0.3) is 23.6 Å². The fourth-order valence-corrected chi connectivity index (χ4v) is 9.39. The van der Waals surface area contributed by atoms with Crippen LogP contribution in [0.25, 0.3) is 23.3 Å². The number of anilines is 2. The van der Waals surface area contributed by atoms with E-state index < -0.39 is 36.1 Å². The van der Waals surface area contributed by atoms with E-state index in [1.807, 2.05) is 13.8 Å². The highest BCUT2D eigenvalue weighted by atomic mass is 19.1. The van der Waals surface area contributed by atoms with Crippen molar-refractivity contribution in [3.05, 3.63) is 104 Å². The van der Waals surface area contributed by atoms with E-state index in [9.17, 15) is 58.0 Å². The summed E-state index contributed by atoms with van der Waals surface area (Å²) in [5.74, 6) is -2.67. The van der Waals surface area contributed by atoms with Crippen molar-refractivity contribution in [3.63, 3.8) is 0 Å². The van der Waals surface area contributed by atoms with E-state index >= 15 is 0 Å². The summed E-state index contributed by atoms with van der Waals surface area (Å²) in [6.07, 6.45) is 2.99. The molecule has 11 N–H and O–H groups in total. The fourth-order valence-electron chi connectivity index (χ4n) is 9.39. The van der Waals surface area contributed by atoms with Crippen LogP contribution in [0.5, 0.6) is 0 Å². The number of fused-ring (bicyclic) bond motifs is 2. The molecule has 1 fully saturated rings. The first-order valence-electron chi connectivity index (χ1n) is 25.0. The smallest absolute Gasteiger partial charge is 0.256 e. The average molecular weight is 1040 g/mol. The Morgan fingerprint density at radius 2 is 1.08 bits per heavy atom. The molecule has 5 heterocycles. The van der Waals surface area contributed by atoms with Crippen molar-refractivity contribution in [2.45, 2.75) is 137 Å². The third kappa shape index (κ3) is 15.5. The van der Waals surface area contributed by atoms with E-state index in [1.54, 1.807) is 44.7 Å². The minimum absolute atomic E-state index is 0. The van der Waals surface area contributed by atoms with Crippen LogP contribution >= 0.6 is 0 Å². The minimum atomic E-state index is -0.981. The Hall–Kier alpha value is -7.00. The second-order valence-corrected chi connectivity index (χ2v) is 19.5. The molecule has 0 bridgehead atoms. The van der Waals surface area contributed by atoms with Crippen LogP contribution in [0.1, 0.15) is 145 Å². The maximum absolute atomic E-state index is 13.8. The van der Waals surface area contributed by atoms with E-state index in [0.29, 0.717) is 78.7 Å². The molecule has 4 unspecified atom stereocenters. The molecule has 18 nitrogen and oxygen atoms in total. The van der Waals surface area contributed by atoms with Gasteiger partial charge in [-0.3, -0.25) is 28.8 Å². The number of aliphatic hydroxyl groups excluding tert-OH is 4. The van der Waals surface area contributed by atoms with E-state index in [0.717, 1.165) is 32.4 Å². The van der Waals surface area contributed by atoms with Crippen molar-refractivity contribution in [2.75, 3.05) is 36.8 Å². The number of H-pyrrole nitrogens is 2. The Bertz CT molecular complexity index is 2810. The summed E-state index contributed by atoms with van der Waals surface area (Å²) >= 11 is 0. The van der Waals surface area contributed by atoms with Gasteiger partial charge in [-0.15, -0.1) is 0 Å². The summed E-state index contributed by atoms with van der Waals surface area (Å²) < 4.78 is 27.5. The van der Waals surface area contributed by atoms with Crippen LogP contribution < -0.4 is 26.6 Å². The molecule has 0 radical (unpaired) electrons. The number of carbonyl (C=O) groups is 6. The van der Waals surface area contributed by atoms with E-state index in [4.69, 9.17) is 0 Å². The number of benzene rings is 2. The van der Waals surface area contributed by atoms with Crippen LogP contribution in [0.15, 0.2) is 36.4 Å². The van der Waals surface area contributed by atoms with E-state index in [-0.39, 0.29) is 101 Å². The Morgan fingerprint density at radius 3 is 1.51 bits per heavy atom. The van der Waals surface area contributed by atoms with Gasteiger partial charge in [-0.05, 0) is 146 Å². The van der Waals surface area contributed by atoms with E-state index in [2.05, 4.69) is 36.6 Å². The molecule has 2 aromatic carbocycles. The molecular weight excluding hydrogens is 971 g/mol. The fraction of sp³-hybridized carbons (Fsp3) is 0.455. The number of likely N-dealkylation sites (tertiary alicyclic amines) is 1. The standard InChI is InChI=1S/C28H35FN4O5.C26H33FN4O5.CH4/c1-16-24(15-22-21-12-18(29)6-7-23(21)32-27(22)37)31-17(2)26(16)28(38)30-9-8-19(34)13-20(35)14-25(36)33-10-4-3-5-11-33;1-13(2)29-23(34)11-18(33)10-17(32)7-8-28-26(36)24-14(3)22(30-15(24)4)12-20-19-9-16(27)5-6-21(19)31-25(20)35;/h6-7,12,15,19-20,31,34-35H,3-5,8-11,13-14H2,1-2H3,(H,30,38)(H,32,37);5-6,9,12-13,17-18,30,32-33H,7-8,10-11H2,1-4H3,(H,28,36)(H,29,34)(H,31,35);1H4/b22-15-;20-12-;. The third-order valence-corrected chi connectivity index (χ3v) is 13.1. The summed E-state index contributed by atoms with van der Waals surface area (Å²) in [4.78, 5) is 82.6. The lowest BCUT2D eigenvalue weighted by Gasteiger charge is -2.27. The van der Waals surface area contributed by atoms with Crippen LogP contribution in [0, 0.1) is 39.3 Å². The van der Waals surface area contributed by atoms with Crippen molar-refractivity contribution in [1.29, 1.82) is 0 Å². The van der Waals surface area contributed by atoms with Gasteiger partial charge in [0.1, 0.15) is 11.6 Å². The van der Waals surface area contributed by atoms with Gasteiger partial charge in [-0.25, -0.2) is 8.78 Å². The third-order valence-electron chi connectivity index (χ3n) is 13.1. The largest absolute Gasteiger partial charge is 0.393 e. The highest BCUT2D eigenvalue weighted by molar-refractivity contribution is 6.35. The predicted molar refractivity (Wildman–Crippen MR) is 283 cm³/mol. The summed E-state index contributed by atoms with van der Waals surface area (Å²) in [6.45, 7) is 12.4. The number of amides is 6. The first-order valence-corrected chi connectivity index (χ1v) is 25.0. The maximum Gasteiger partial charge on any atom is 0.256 e. The van der Waals surface area contributed by atoms with Gasteiger partial charge >= 0.3 is 0 Å². The molecule has 4 aromatic rings. The zero-order valence-electron chi connectivity index (χ0n) is 42.6. The monoisotopic (exact) mass is 1040 g/mol. The molecule has 406 valence electrons. The summed E-state index contributed by atoms with van der Waals surface area (Å²) in [5.41, 5.74) is 7.00. The van der Waals surface area contributed by atoms with Gasteiger partial charge < -0.3 is 61.9 Å². The summed E-state index contributed by atoms with van der Waals surface area (Å²) in [6, 6.07) is 8.12. The Kier molecular flexibility index (Phi) is 20.8. The molecule has 0 spiro atoms. The summed E-state index contributed by atoms with van der Waals surface area (Å²) in [5, 5.41) is 54.4. The SMILES string of the molecule is C.Cc1[nH]c(/C=C2\C(=O)Nc3ccc(F)cc32)c(C)c1C(=O)NCCC(O)CC(O)CC(=O)N1CCCCC1.Cc1[nH]c(/C=C2\C(=O)Nc3ccc(F)cc32)c(C)c1C(=O)NCCC(O)CC(O)CC(=O)NC(C)C. The van der Waals surface area contributed by atoms with Crippen LogP contribution in [0.4, 0.5) is 20.2 Å². The van der Waals surface area contributed by atoms with Crippen LogP contribution in [-0.2, 0) is 19.2 Å². The molecule has 6 amide bonds. The Balaban J connectivity index is 0.000000274. The number of hydrogen-bond acceptors (Lipinski definition) is 10. The molecule has 4 atom stereocenters. The second-order valence-electron chi connectivity index (χ2n) is 19.5. The lowest BCUT2D eigenvalue weighted by atomic mass is 10.0. The molecule has 75 heavy (non-hydrogen) atoms. The molecule has 1 saturated heterocycles. The van der Waals surface area contributed by atoms with Crippen molar-refractivity contribution >= 4 is 70.1 Å². The van der Waals surface area contributed by atoms with Crippen molar-refractivity contribution in [2.24, 2.45) is 0 Å². The molecule has 3 aliphatic rings. The molecular formula is C55H72F2N8O10. The van der Waals surface area contributed by atoms with Crippen molar-refractivity contribution < 1.29 is 58.0 Å². The quantitative estimate of drug-likeness (QED) is 0.0492. The highest BCUT2D eigenvalue weighted by Crippen LogP contribution is 2.36. The number of aromatic nitrogens is 2. The van der Waals surface area contributed by atoms with Crippen LogP contribution in [0.3, 0.4) is 0 Å². The first-order chi connectivity index (χ1) is 35.1. The number of hydrogen-bond donors (Lipinski definition) is 11. The number of aromatic amines is 2. The predicted octanol–water partition coefficient (Wildman–Crippen LogP) is 5.94. The maximum atomic E-state index is 13.8. The van der Waals surface area contributed by atoms with Gasteiger partial charge in [-0.1, -0.05) is 7.43 Å². The number of rotatable bonds is 19. The minimum Gasteiger partial charge on any atom is -0.393 e. The van der Waals surface area contributed by atoms with Gasteiger partial charge in [-0.2, -0.15) is 0 Å². The Morgan fingerprint density at radius 1 is 0.653 bits per heavy atom. The lowest BCUT2D eigenvalue weighted by molar-refractivity contribution is -0.134. The molecule has 7 rings (SSSR count). The van der Waals surface area contributed by atoms with Crippen LogP contribution in [0.2, 0.25) is 0 Å². The number of carbonyl (C=O) groups excluding carboxylic acids is 6. The highest BCUT2D eigenvalue weighted by Gasteiger charge is 2.29. The van der Waals surface area contributed by atoms with Crippen molar-refractivity contribution in [3.8, 4) is 0 Å². The first kappa shape index (κ1) is 58.9. The normalized spacial score (nSPS) is 16.5. The van der Waals surface area contributed by atoms with Gasteiger partial charge in [0, 0.05) is 77.5 Å².